The summed E-state index contributed by atoms with van der Waals surface area (Å²) in [5, 5.41) is 3.06. The van der Waals surface area contributed by atoms with Gasteiger partial charge in [-0.05, 0) is 36.8 Å². The van der Waals surface area contributed by atoms with Crippen LogP contribution in [-0.2, 0) is 6.54 Å². The van der Waals surface area contributed by atoms with E-state index < -0.39 is 5.82 Å². The van der Waals surface area contributed by atoms with Crippen molar-refractivity contribution in [2.75, 3.05) is 5.32 Å². The molecular formula is C14H13FN2O. The van der Waals surface area contributed by atoms with Gasteiger partial charge in [-0.2, -0.15) is 0 Å². The SMILES string of the molecule is CC(=O)c1cc(F)cc(NCc2cccnc2)c1. The predicted molar refractivity (Wildman–Crippen MR) is 68.0 cm³/mol. The zero-order valence-electron chi connectivity index (χ0n) is 9.98. The van der Waals surface area contributed by atoms with Crippen LogP contribution in [0.3, 0.4) is 0 Å². The lowest BCUT2D eigenvalue weighted by molar-refractivity contribution is 0.101. The number of carbonyl (C=O) groups excluding carboxylic acids is 1. The molecule has 0 aliphatic heterocycles. The van der Waals surface area contributed by atoms with Crippen LogP contribution in [0.1, 0.15) is 22.8 Å². The second-order valence-corrected chi connectivity index (χ2v) is 4.00. The summed E-state index contributed by atoms with van der Waals surface area (Å²) in [7, 11) is 0. The quantitative estimate of drug-likeness (QED) is 0.840. The monoisotopic (exact) mass is 244 g/mol. The Morgan fingerprint density at radius 1 is 1.39 bits per heavy atom. The van der Waals surface area contributed by atoms with Gasteiger partial charge in [-0.1, -0.05) is 6.07 Å². The summed E-state index contributed by atoms with van der Waals surface area (Å²) >= 11 is 0. The maximum atomic E-state index is 13.3. The zero-order chi connectivity index (χ0) is 13.0. The molecular weight excluding hydrogens is 231 g/mol. The molecule has 0 bridgehead atoms. The number of halogens is 1. The van der Waals surface area contributed by atoms with Gasteiger partial charge in [0.2, 0.25) is 0 Å². The molecule has 0 amide bonds. The van der Waals surface area contributed by atoms with Gasteiger partial charge in [0.25, 0.3) is 0 Å². The van der Waals surface area contributed by atoms with E-state index in [2.05, 4.69) is 10.3 Å². The number of nitrogens with zero attached hydrogens (tertiary/aromatic N) is 1. The largest absolute Gasteiger partial charge is 0.381 e. The lowest BCUT2D eigenvalue weighted by Gasteiger charge is -2.07. The first-order valence-corrected chi connectivity index (χ1v) is 5.59. The van der Waals surface area contributed by atoms with E-state index in [1.807, 2.05) is 12.1 Å². The van der Waals surface area contributed by atoms with Gasteiger partial charge < -0.3 is 5.32 Å². The molecule has 0 unspecified atom stereocenters. The lowest BCUT2D eigenvalue weighted by atomic mass is 10.1. The van der Waals surface area contributed by atoms with Crippen molar-refractivity contribution in [3.05, 3.63) is 59.7 Å². The Labute approximate surface area is 105 Å². The van der Waals surface area contributed by atoms with Gasteiger partial charge in [-0.25, -0.2) is 4.39 Å². The van der Waals surface area contributed by atoms with E-state index in [0.29, 0.717) is 17.8 Å². The number of rotatable bonds is 4. The predicted octanol–water partition coefficient (Wildman–Crippen LogP) is 3.04. The van der Waals surface area contributed by atoms with Crippen molar-refractivity contribution in [1.82, 2.24) is 4.98 Å². The lowest BCUT2D eigenvalue weighted by Crippen LogP contribution is -2.02. The highest BCUT2D eigenvalue weighted by atomic mass is 19.1. The van der Waals surface area contributed by atoms with Crippen LogP contribution in [0.2, 0.25) is 0 Å². The molecule has 0 atom stereocenters. The van der Waals surface area contributed by atoms with Crippen LogP contribution in [0.5, 0.6) is 0 Å². The first-order valence-electron chi connectivity index (χ1n) is 5.59. The Morgan fingerprint density at radius 3 is 2.89 bits per heavy atom. The third-order valence-electron chi connectivity index (χ3n) is 2.52. The van der Waals surface area contributed by atoms with Gasteiger partial charge >= 0.3 is 0 Å². The molecule has 2 rings (SSSR count). The minimum absolute atomic E-state index is 0.154. The van der Waals surface area contributed by atoms with Crippen molar-refractivity contribution < 1.29 is 9.18 Å². The van der Waals surface area contributed by atoms with Crippen molar-refractivity contribution >= 4 is 11.5 Å². The van der Waals surface area contributed by atoms with Gasteiger partial charge in [0, 0.05) is 30.2 Å². The molecule has 0 saturated heterocycles. The van der Waals surface area contributed by atoms with Crippen LogP contribution in [0.15, 0.2) is 42.7 Å². The highest BCUT2D eigenvalue weighted by molar-refractivity contribution is 5.94. The van der Waals surface area contributed by atoms with Crippen molar-refractivity contribution in [1.29, 1.82) is 0 Å². The fraction of sp³-hybridized carbons (Fsp3) is 0.143. The average molecular weight is 244 g/mol. The van der Waals surface area contributed by atoms with Crippen LogP contribution < -0.4 is 5.32 Å². The van der Waals surface area contributed by atoms with Gasteiger partial charge in [-0.15, -0.1) is 0 Å². The Balaban J connectivity index is 2.12. The minimum Gasteiger partial charge on any atom is -0.381 e. The van der Waals surface area contributed by atoms with Gasteiger partial charge in [0.1, 0.15) is 5.82 Å². The molecule has 92 valence electrons. The van der Waals surface area contributed by atoms with Crippen LogP contribution in [-0.4, -0.2) is 10.8 Å². The maximum Gasteiger partial charge on any atom is 0.159 e. The number of ketones is 1. The topological polar surface area (TPSA) is 42.0 Å². The Bertz CT molecular complexity index is 555. The van der Waals surface area contributed by atoms with Crippen molar-refractivity contribution in [2.45, 2.75) is 13.5 Å². The number of anilines is 1. The number of hydrogen-bond acceptors (Lipinski definition) is 3. The third kappa shape index (κ3) is 3.13. The van der Waals surface area contributed by atoms with Crippen molar-refractivity contribution in [2.24, 2.45) is 0 Å². The van der Waals surface area contributed by atoms with E-state index in [-0.39, 0.29) is 5.78 Å². The Kier molecular flexibility index (Phi) is 3.67. The normalized spacial score (nSPS) is 10.1. The number of nitrogens with one attached hydrogen (secondary N) is 1. The van der Waals surface area contributed by atoms with Crippen molar-refractivity contribution in [3.8, 4) is 0 Å². The summed E-state index contributed by atoms with van der Waals surface area (Å²) in [4.78, 5) is 15.2. The molecule has 4 heteroatoms. The number of hydrogen-bond donors (Lipinski definition) is 1. The molecule has 3 nitrogen and oxygen atoms in total. The fourth-order valence-corrected chi connectivity index (χ4v) is 1.60. The second-order valence-electron chi connectivity index (χ2n) is 4.00. The molecule has 1 aromatic heterocycles. The molecule has 18 heavy (non-hydrogen) atoms. The van der Waals surface area contributed by atoms with E-state index >= 15 is 0 Å². The molecule has 1 aromatic carbocycles. The van der Waals surface area contributed by atoms with Gasteiger partial charge in [0.15, 0.2) is 5.78 Å². The van der Waals surface area contributed by atoms with E-state index in [9.17, 15) is 9.18 Å². The summed E-state index contributed by atoms with van der Waals surface area (Å²) < 4.78 is 13.3. The number of pyridine rings is 1. The van der Waals surface area contributed by atoms with E-state index in [1.54, 1.807) is 18.5 Å². The molecule has 1 N–H and O–H groups in total. The molecule has 0 spiro atoms. The highest BCUT2D eigenvalue weighted by Crippen LogP contribution is 2.15. The average Bonchev–Trinajstić information content (AvgIpc) is 2.37. The molecule has 1 heterocycles. The second kappa shape index (κ2) is 5.40. The van der Waals surface area contributed by atoms with E-state index in [4.69, 9.17) is 0 Å². The van der Waals surface area contributed by atoms with Gasteiger partial charge in [-0.3, -0.25) is 9.78 Å². The zero-order valence-corrected chi connectivity index (χ0v) is 9.98. The smallest absolute Gasteiger partial charge is 0.159 e. The summed E-state index contributed by atoms with van der Waals surface area (Å²) in [6.07, 6.45) is 3.43. The molecule has 0 aliphatic carbocycles. The molecule has 0 saturated carbocycles. The van der Waals surface area contributed by atoms with Crippen LogP contribution in [0.25, 0.3) is 0 Å². The highest BCUT2D eigenvalue weighted by Gasteiger charge is 2.04. The first kappa shape index (κ1) is 12.2. The maximum absolute atomic E-state index is 13.3. The Morgan fingerprint density at radius 2 is 2.22 bits per heavy atom. The van der Waals surface area contributed by atoms with E-state index in [1.165, 1.54) is 19.1 Å². The number of carbonyl (C=O) groups is 1. The summed E-state index contributed by atoms with van der Waals surface area (Å²) in [6, 6.07) is 8.00. The number of benzene rings is 1. The van der Waals surface area contributed by atoms with Crippen LogP contribution in [0, 0.1) is 5.82 Å². The molecule has 0 aliphatic rings. The Hall–Kier alpha value is -2.23. The number of Topliss-reactive ketones (excluding diaryl/α,β-unsaturated/α-hetero) is 1. The summed E-state index contributed by atoms with van der Waals surface area (Å²) in [5.41, 5.74) is 1.94. The minimum atomic E-state index is -0.420. The van der Waals surface area contributed by atoms with E-state index in [0.717, 1.165) is 5.56 Å². The third-order valence-corrected chi connectivity index (χ3v) is 2.52. The van der Waals surface area contributed by atoms with Gasteiger partial charge in [0.05, 0.1) is 0 Å². The fourth-order valence-electron chi connectivity index (χ4n) is 1.60. The van der Waals surface area contributed by atoms with Crippen molar-refractivity contribution in [3.63, 3.8) is 0 Å². The van der Waals surface area contributed by atoms with Crippen LogP contribution in [0.4, 0.5) is 10.1 Å². The summed E-state index contributed by atoms with van der Waals surface area (Å²) in [5.74, 6) is -0.574. The number of aromatic nitrogens is 1. The summed E-state index contributed by atoms with van der Waals surface area (Å²) in [6.45, 7) is 1.95. The first-order chi connectivity index (χ1) is 8.65. The molecule has 2 aromatic rings. The van der Waals surface area contributed by atoms with Crippen LogP contribution >= 0.6 is 0 Å². The standard InChI is InChI=1S/C14H13FN2O/c1-10(18)12-5-13(15)7-14(6-12)17-9-11-3-2-4-16-8-11/h2-8,17H,9H2,1H3. The molecule has 0 fully saturated rings. The molecule has 0 radical (unpaired) electrons.